The van der Waals surface area contributed by atoms with E-state index in [1.807, 2.05) is 0 Å². The van der Waals surface area contributed by atoms with Gasteiger partial charge in [-0.2, -0.15) is 0 Å². The van der Waals surface area contributed by atoms with Gasteiger partial charge in [0.1, 0.15) is 0 Å². The van der Waals surface area contributed by atoms with Gasteiger partial charge in [-0.25, -0.2) is 0 Å². The molecule has 0 saturated carbocycles. The van der Waals surface area contributed by atoms with E-state index in [1.165, 1.54) is 0 Å². The number of carboxylic acid groups (broad SMARTS) is 4. The first-order valence-electron chi connectivity index (χ1n) is 2.12. The van der Waals surface area contributed by atoms with Crippen LogP contribution in [0.1, 0.15) is 0 Å². The number of hydrogen-bond donors (Lipinski definition) is 4. The van der Waals surface area contributed by atoms with Gasteiger partial charge in [-0.3, -0.25) is 0 Å². The molecule has 0 aromatic carbocycles. The molecule has 0 atom stereocenters. The molecule has 0 saturated heterocycles. The van der Waals surface area contributed by atoms with Gasteiger partial charge >= 0.3 is 84.5 Å². The quantitative estimate of drug-likeness (QED) is 0.310. The molecular formula is C2H4Ca2O10Si. The minimum Gasteiger partial charge on any atom is -0.652 e. The van der Waals surface area contributed by atoms with Crippen LogP contribution in [0.15, 0.2) is 0 Å². The standard InChI is InChI=1S/2CH2O3.2Ca.H4O4Si/c2*2-1(3)4;;;1-5(2,3)4/h2*(H2,2,3,4);;;1-4H/q;;2*+2;/p-4. The van der Waals surface area contributed by atoms with Gasteiger partial charge < -0.3 is 49.2 Å². The summed E-state index contributed by atoms with van der Waals surface area (Å²) in [6.07, 6.45) is -4.67. The fourth-order valence-electron chi connectivity index (χ4n) is 0. The van der Waals surface area contributed by atoms with Gasteiger partial charge in [0, 0.05) is 0 Å². The average molecular weight is 296 g/mol. The molecule has 0 unspecified atom stereocenters. The molecule has 0 amide bonds. The summed E-state index contributed by atoms with van der Waals surface area (Å²) in [6.45, 7) is 0. The third-order valence-electron chi connectivity index (χ3n) is 0. The molecule has 0 aliphatic carbocycles. The second-order valence-electron chi connectivity index (χ2n) is 1.10. The Kier molecular flexibility index (Phi) is 34.8. The van der Waals surface area contributed by atoms with E-state index in [0.717, 1.165) is 0 Å². The molecule has 80 valence electrons. The summed E-state index contributed by atoms with van der Waals surface area (Å²) < 4.78 is 0. The monoisotopic (exact) mass is 296 g/mol. The average Bonchev–Trinajstić information content (AvgIpc) is 1.50. The molecule has 4 N–H and O–H groups in total. The SMILES string of the molecule is O=C([O-])[O-].O=C([O-])[O-].O[Si](O)(O)O.[Ca+2].[Ca+2]. The predicted molar refractivity (Wildman–Crippen MR) is 36.9 cm³/mol. The van der Waals surface area contributed by atoms with Crippen molar-refractivity contribution in [3.05, 3.63) is 0 Å². The second kappa shape index (κ2) is 17.5. The van der Waals surface area contributed by atoms with Crippen molar-refractivity contribution in [2.45, 2.75) is 0 Å². The Balaban J connectivity index is -0.0000000315. The van der Waals surface area contributed by atoms with Crippen molar-refractivity contribution >= 4 is 96.8 Å². The Bertz CT molecular complexity index is 128. The molecule has 0 bridgehead atoms. The molecule has 15 heavy (non-hydrogen) atoms. The molecule has 10 nitrogen and oxygen atoms in total. The van der Waals surface area contributed by atoms with Crippen LogP contribution in [0.3, 0.4) is 0 Å². The van der Waals surface area contributed by atoms with Gasteiger partial charge in [0.05, 0.1) is 0 Å². The van der Waals surface area contributed by atoms with Crippen molar-refractivity contribution in [1.29, 1.82) is 0 Å². The van der Waals surface area contributed by atoms with Crippen LogP contribution in [-0.2, 0) is 0 Å². The summed E-state index contributed by atoms with van der Waals surface area (Å²) in [6, 6.07) is 0. The van der Waals surface area contributed by atoms with Crippen molar-refractivity contribution in [3.63, 3.8) is 0 Å². The maximum Gasteiger partial charge on any atom is 2.00 e. The summed E-state index contributed by atoms with van der Waals surface area (Å²) in [5.41, 5.74) is 0. The number of hydrogen-bond acceptors (Lipinski definition) is 10. The Morgan fingerprint density at radius 2 is 0.733 bits per heavy atom. The smallest absolute Gasteiger partial charge is 0.652 e. The zero-order valence-electron chi connectivity index (χ0n) is 7.15. The third kappa shape index (κ3) is 2090. The molecule has 0 aliphatic rings. The maximum atomic E-state index is 8.33. The van der Waals surface area contributed by atoms with Crippen molar-refractivity contribution < 1.29 is 49.2 Å². The number of carbonyl (C=O) groups excluding carboxylic acids is 2. The summed E-state index contributed by atoms with van der Waals surface area (Å²) in [4.78, 5) is 46.0. The van der Waals surface area contributed by atoms with Crippen LogP contribution in [0.5, 0.6) is 0 Å². The Morgan fingerprint density at radius 1 is 0.733 bits per heavy atom. The fraction of sp³-hybridized carbons (Fsp3) is 0. The van der Waals surface area contributed by atoms with Crippen LogP contribution in [0.4, 0.5) is 9.59 Å². The summed E-state index contributed by atoms with van der Waals surface area (Å²) in [7, 11) is -4.61. The largest absolute Gasteiger partial charge is 2.00 e. The molecule has 0 aromatic rings. The van der Waals surface area contributed by atoms with Gasteiger partial charge in [0.25, 0.3) is 0 Å². The molecular weight excluding hydrogens is 292 g/mol. The normalized spacial score (nSPS) is 7.20. The van der Waals surface area contributed by atoms with E-state index in [1.54, 1.807) is 0 Å². The molecule has 0 rings (SSSR count). The van der Waals surface area contributed by atoms with Crippen molar-refractivity contribution in [1.82, 2.24) is 0 Å². The van der Waals surface area contributed by atoms with Crippen LogP contribution >= 0.6 is 0 Å². The van der Waals surface area contributed by atoms with E-state index < -0.39 is 21.4 Å². The Morgan fingerprint density at radius 3 is 0.733 bits per heavy atom. The molecule has 0 spiro atoms. The van der Waals surface area contributed by atoms with Crippen LogP contribution in [0.2, 0.25) is 0 Å². The van der Waals surface area contributed by atoms with Crippen molar-refractivity contribution in [3.8, 4) is 0 Å². The third-order valence-corrected chi connectivity index (χ3v) is 0. The van der Waals surface area contributed by atoms with E-state index in [-0.39, 0.29) is 75.5 Å². The summed E-state index contributed by atoms with van der Waals surface area (Å²) in [5.74, 6) is 0. The first kappa shape index (κ1) is 29.8. The molecule has 0 radical (unpaired) electrons. The van der Waals surface area contributed by atoms with E-state index in [4.69, 9.17) is 49.2 Å². The van der Waals surface area contributed by atoms with Crippen LogP contribution in [0.25, 0.3) is 0 Å². The van der Waals surface area contributed by atoms with E-state index in [0.29, 0.717) is 0 Å². The van der Waals surface area contributed by atoms with Gasteiger partial charge in [-0.05, 0) is 12.3 Å². The van der Waals surface area contributed by atoms with Crippen molar-refractivity contribution in [2.24, 2.45) is 0 Å². The Labute approximate surface area is 144 Å². The molecule has 0 aromatic heterocycles. The van der Waals surface area contributed by atoms with E-state index in [9.17, 15) is 0 Å². The number of carbonyl (C=O) groups is 2. The van der Waals surface area contributed by atoms with E-state index in [2.05, 4.69) is 0 Å². The molecule has 0 aliphatic heterocycles. The topological polar surface area (TPSA) is 207 Å². The fourth-order valence-corrected chi connectivity index (χ4v) is 0. The van der Waals surface area contributed by atoms with Gasteiger partial charge in [-0.15, -0.1) is 0 Å². The van der Waals surface area contributed by atoms with E-state index >= 15 is 0 Å². The van der Waals surface area contributed by atoms with Crippen LogP contribution in [0, 0.1) is 0 Å². The minimum absolute atomic E-state index is 0. The number of rotatable bonds is 0. The van der Waals surface area contributed by atoms with Gasteiger partial charge in [0.15, 0.2) is 0 Å². The Hall–Kier alpha value is 1.12. The predicted octanol–water partition coefficient (Wildman–Crippen LogP) is -8.26. The minimum atomic E-state index is -4.61. The molecule has 0 heterocycles. The first-order chi connectivity index (χ1) is 5.46. The zero-order chi connectivity index (χ0) is 11.7. The van der Waals surface area contributed by atoms with Gasteiger partial charge in [0.2, 0.25) is 0 Å². The zero-order valence-corrected chi connectivity index (χ0v) is 12.6. The van der Waals surface area contributed by atoms with Crippen LogP contribution < -0.4 is 20.4 Å². The van der Waals surface area contributed by atoms with Crippen molar-refractivity contribution in [2.75, 3.05) is 0 Å². The summed E-state index contributed by atoms with van der Waals surface area (Å²) in [5, 5.41) is 33.3. The van der Waals surface area contributed by atoms with Gasteiger partial charge in [-0.1, -0.05) is 0 Å². The summed E-state index contributed by atoms with van der Waals surface area (Å²) >= 11 is 0. The second-order valence-corrected chi connectivity index (χ2v) is 2.30. The molecule has 13 heteroatoms. The maximum absolute atomic E-state index is 8.33. The molecule has 0 fully saturated rings. The van der Waals surface area contributed by atoms with Crippen LogP contribution in [-0.4, -0.2) is 116 Å². The first-order valence-corrected chi connectivity index (χ1v) is 3.91.